The third kappa shape index (κ3) is 2.31. The van der Waals surface area contributed by atoms with E-state index < -0.39 is 0 Å². The molecule has 3 aliphatic rings. The number of carbonyl (C=O) groups excluding carboxylic acids is 1. The van der Waals surface area contributed by atoms with E-state index in [0.717, 1.165) is 43.7 Å². The molecule has 0 bridgehead atoms. The van der Waals surface area contributed by atoms with Crippen LogP contribution in [0.4, 0.5) is 0 Å². The van der Waals surface area contributed by atoms with Crippen molar-refractivity contribution in [3.63, 3.8) is 0 Å². The molecule has 2 heterocycles. The molecule has 4 rings (SSSR count). The van der Waals surface area contributed by atoms with Crippen molar-refractivity contribution in [1.82, 2.24) is 10.2 Å². The Morgan fingerprint density at radius 3 is 2.41 bits per heavy atom. The number of rotatable bonds is 4. The van der Waals surface area contributed by atoms with Crippen LogP contribution in [0.3, 0.4) is 0 Å². The Labute approximate surface area is 133 Å². The number of likely N-dealkylation sites (tertiary alicyclic amines) is 1. The minimum atomic E-state index is -0.237. The number of ketones is 1. The zero-order valence-corrected chi connectivity index (χ0v) is 13.4. The van der Waals surface area contributed by atoms with Crippen LogP contribution in [0.1, 0.15) is 25.3 Å². The SMILES string of the molecule is CC(=O)C1(c2ccccc2)CCN(CC2[C@H]3CNC[C@@H]23)CC1. The van der Waals surface area contributed by atoms with Crippen LogP contribution in [-0.2, 0) is 10.2 Å². The molecular formula is C19H26N2O. The summed E-state index contributed by atoms with van der Waals surface area (Å²) in [4.78, 5) is 15.0. The monoisotopic (exact) mass is 298 g/mol. The fourth-order valence-corrected chi connectivity index (χ4v) is 4.83. The molecule has 1 N–H and O–H groups in total. The number of nitrogens with one attached hydrogen (secondary N) is 1. The van der Waals surface area contributed by atoms with Gasteiger partial charge in [-0.05, 0) is 69.3 Å². The van der Waals surface area contributed by atoms with E-state index in [4.69, 9.17) is 0 Å². The van der Waals surface area contributed by atoms with Crippen molar-refractivity contribution in [3.05, 3.63) is 35.9 Å². The standard InChI is InChI=1S/C19H26N2O/c1-14(22)19(15-5-3-2-4-6-15)7-9-21(10-8-19)13-18-16-11-20-12-17(16)18/h2-6,16-18,20H,7-13H2,1H3/t16-,17+,18?. The Morgan fingerprint density at radius 1 is 1.18 bits per heavy atom. The lowest BCUT2D eigenvalue weighted by Crippen LogP contribution is -2.47. The maximum Gasteiger partial charge on any atom is 0.140 e. The van der Waals surface area contributed by atoms with Crippen LogP contribution in [-0.4, -0.2) is 43.4 Å². The van der Waals surface area contributed by atoms with Gasteiger partial charge in [0, 0.05) is 6.54 Å². The van der Waals surface area contributed by atoms with Crippen molar-refractivity contribution >= 4 is 5.78 Å². The Hall–Kier alpha value is -1.19. The number of piperidine rings is 2. The van der Waals surface area contributed by atoms with Crippen LogP contribution in [0.15, 0.2) is 30.3 Å². The number of nitrogens with zero attached hydrogens (tertiary/aromatic N) is 1. The first kappa shape index (κ1) is 14.4. The van der Waals surface area contributed by atoms with Crippen LogP contribution in [0.2, 0.25) is 0 Å². The fraction of sp³-hybridized carbons (Fsp3) is 0.632. The lowest BCUT2D eigenvalue weighted by Gasteiger charge is -2.41. The molecule has 2 aliphatic heterocycles. The van der Waals surface area contributed by atoms with E-state index in [0.29, 0.717) is 5.78 Å². The molecule has 0 spiro atoms. The van der Waals surface area contributed by atoms with Crippen molar-refractivity contribution in [3.8, 4) is 0 Å². The Kier molecular flexibility index (Phi) is 3.58. The molecule has 3 atom stereocenters. The first-order valence-electron chi connectivity index (χ1n) is 8.70. The first-order valence-corrected chi connectivity index (χ1v) is 8.70. The molecule has 2 saturated heterocycles. The van der Waals surface area contributed by atoms with E-state index in [2.05, 4.69) is 34.5 Å². The van der Waals surface area contributed by atoms with Crippen LogP contribution in [0.5, 0.6) is 0 Å². The summed E-state index contributed by atoms with van der Waals surface area (Å²) in [7, 11) is 0. The van der Waals surface area contributed by atoms with Gasteiger partial charge in [0.1, 0.15) is 5.78 Å². The number of fused-ring (bicyclic) bond motifs is 1. The largest absolute Gasteiger partial charge is 0.316 e. The summed E-state index contributed by atoms with van der Waals surface area (Å²) in [6.45, 7) is 7.62. The molecule has 3 heteroatoms. The van der Waals surface area contributed by atoms with Gasteiger partial charge < -0.3 is 10.2 Å². The van der Waals surface area contributed by atoms with E-state index in [-0.39, 0.29) is 5.41 Å². The fourth-order valence-electron chi connectivity index (χ4n) is 4.83. The Bertz CT molecular complexity index is 538. The highest BCUT2D eigenvalue weighted by atomic mass is 16.1. The molecule has 0 amide bonds. The Morgan fingerprint density at radius 2 is 1.82 bits per heavy atom. The number of hydrogen-bond donors (Lipinski definition) is 1. The highest BCUT2D eigenvalue weighted by molar-refractivity contribution is 5.88. The molecule has 1 aromatic carbocycles. The van der Waals surface area contributed by atoms with Gasteiger partial charge >= 0.3 is 0 Å². The zero-order valence-electron chi connectivity index (χ0n) is 13.4. The highest BCUT2D eigenvalue weighted by Gasteiger charge is 2.53. The molecular weight excluding hydrogens is 272 g/mol. The van der Waals surface area contributed by atoms with Crippen molar-refractivity contribution < 1.29 is 4.79 Å². The molecule has 1 aliphatic carbocycles. The lowest BCUT2D eigenvalue weighted by atomic mass is 9.70. The second kappa shape index (κ2) is 5.47. The van der Waals surface area contributed by atoms with Gasteiger partial charge in [0.15, 0.2) is 0 Å². The van der Waals surface area contributed by atoms with Crippen molar-refractivity contribution in [2.75, 3.05) is 32.7 Å². The van der Waals surface area contributed by atoms with Gasteiger partial charge in [0.2, 0.25) is 0 Å². The minimum absolute atomic E-state index is 0.237. The van der Waals surface area contributed by atoms with Gasteiger partial charge in [-0.1, -0.05) is 30.3 Å². The van der Waals surface area contributed by atoms with E-state index in [1.807, 2.05) is 6.07 Å². The van der Waals surface area contributed by atoms with Crippen molar-refractivity contribution in [1.29, 1.82) is 0 Å². The van der Waals surface area contributed by atoms with E-state index in [9.17, 15) is 4.79 Å². The van der Waals surface area contributed by atoms with Gasteiger partial charge in [-0.25, -0.2) is 0 Å². The van der Waals surface area contributed by atoms with E-state index in [1.54, 1.807) is 6.92 Å². The van der Waals surface area contributed by atoms with E-state index >= 15 is 0 Å². The zero-order chi connectivity index (χ0) is 15.2. The summed E-state index contributed by atoms with van der Waals surface area (Å²) in [5.74, 6) is 3.14. The van der Waals surface area contributed by atoms with Gasteiger partial charge in [-0.2, -0.15) is 0 Å². The first-order chi connectivity index (χ1) is 10.7. The predicted octanol–water partition coefficient (Wildman–Crippen LogP) is 2.07. The minimum Gasteiger partial charge on any atom is -0.316 e. The van der Waals surface area contributed by atoms with Crippen molar-refractivity contribution in [2.24, 2.45) is 17.8 Å². The average molecular weight is 298 g/mol. The smallest absolute Gasteiger partial charge is 0.140 e. The summed E-state index contributed by atoms with van der Waals surface area (Å²) in [6.07, 6.45) is 1.96. The summed E-state index contributed by atoms with van der Waals surface area (Å²) < 4.78 is 0. The normalized spacial score (nSPS) is 33.4. The molecule has 22 heavy (non-hydrogen) atoms. The Balaban J connectivity index is 1.42. The van der Waals surface area contributed by atoms with Crippen LogP contribution in [0, 0.1) is 17.8 Å². The summed E-state index contributed by atoms with van der Waals surface area (Å²) in [6, 6.07) is 10.4. The second-order valence-corrected chi connectivity index (χ2v) is 7.45. The molecule has 3 nitrogen and oxygen atoms in total. The number of Topliss-reactive ketones (excluding diaryl/α,β-unsaturated/α-hetero) is 1. The average Bonchev–Trinajstić information content (AvgIpc) is 2.97. The van der Waals surface area contributed by atoms with E-state index in [1.165, 1.54) is 25.2 Å². The summed E-state index contributed by atoms with van der Waals surface area (Å²) in [5, 5.41) is 3.48. The maximum atomic E-state index is 12.4. The molecule has 0 aromatic heterocycles. The number of benzene rings is 1. The second-order valence-electron chi connectivity index (χ2n) is 7.45. The molecule has 0 radical (unpaired) electrons. The molecule has 3 fully saturated rings. The van der Waals surface area contributed by atoms with Gasteiger partial charge in [0.25, 0.3) is 0 Å². The predicted molar refractivity (Wildman–Crippen MR) is 87.8 cm³/mol. The number of hydrogen-bond acceptors (Lipinski definition) is 3. The molecule has 1 unspecified atom stereocenters. The molecule has 118 valence electrons. The quantitative estimate of drug-likeness (QED) is 0.923. The van der Waals surface area contributed by atoms with Crippen LogP contribution >= 0.6 is 0 Å². The van der Waals surface area contributed by atoms with Gasteiger partial charge in [-0.3, -0.25) is 4.79 Å². The maximum absolute atomic E-state index is 12.4. The number of carbonyl (C=O) groups is 1. The topological polar surface area (TPSA) is 32.3 Å². The van der Waals surface area contributed by atoms with Crippen molar-refractivity contribution in [2.45, 2.75) is 25.2 Å². The van der Waals surface area contributed by atoms with Crippen LogP contribution < -0.4 is 5.32 Å². The third-order valence-corrected chi connectivity index (χ3v) is 6.45. The van der Waals surface area contributed by atoms with Gasteiger partial charge in [0.05, 0.1) is 5.41 Å². The summed E-state index contributed by atoms with van der Waals surface area (Å²) in [5.41, 5.74) is 0.980. The third-order valence-electron chi connectivity index (χ3n) is 6.45. The molecule has 1 saturated carbocycles. The van der Waals surface area contributed by atoms with Gasteiger partial charge in [-0.15, -0.1) is 0 Å². The lowest BCUT2D eigenvalue weighted by molar-refractivity contribution is -0.124. The van der Waals surface area contributed by atoms with Crippen LogP contribution in [0.25, 0.3) is 0 Å². The highest BCUT2D eigenvalue weighted by Crippen LogP contribution is 2.49. The molecule has 1 aromatic rings. The summed E-state index contributed by atoms with van der Waals surface area (Å²) >= 11 is 0.